The Hall–Kier alpha value is -2.55. The van der Waals surface area contributed by atoms with Gasteiger partial charge in [0.25, 0.3) is 0 Å². The molecule has 3 aromatic rings. The third-order valence-electron chi connectivity index (χ3n) is 6.93. The Labute approximate surface area is 192 Å². The topological polar surface area (TPSA) is 72.2 Å². The Morgan fingerprint density at radius 2 is 1.94 bits per heavy atom. The van der Waals surface area contributed by atoms with E-state index in [2.05, 4.69) is 41.6 Å². The Morgan fingerprint density at radius 1 is 1.03 bits per heavy atom. The van der Waals surface area contributed by atoms with Crippen molar-refractivity contribution in [2.24, 2.45) is 0 Å². The first kappa shape index (κ1) is 20.1. The summed E-state index contributed by atoms with van der Waals surface area (Å²) in [4.78, 5) is 13.2. The van der Waals surface area contributed by atoms with Crippen molar-refractivity contribution < 1.29 is 4.74 Å². The van der Waals surface area contributed by atoms with Gasteiger partial charge in [-0.1, -0.05) is 11.6 Å². The molecule has 3 aliphatic rings. The molecule has 0 amide bonds. The van der Waals surface area contributed by atoms with E-state index in [9.17, 15) is 0 Å². The summed E-state index contributed by atoms with van der Waals surface area (Å²) in [6, 6.07) is 8.57. The van der Waals surface area contributed by atoms with Gasteiger partial charge in [-0.2, -0.15) is 0 Å². The van der Waals surface area contributed by atoms with Crippen molar-refractivity contribution in [2.45, 2.75) is 44.3 Å². The van der Waals surface area contributed by atoms with Crippen molar-refractivity contribution in [1.82, 2.24) is 29.6 Å². The lowest BCUT2D eigenvalue weighted by molar-refractivity contribution is 0.133. The average molecular weight is 452 g/mol. The number of halogens is 1. The second-order valence-corrected chi connectivity index (χ2v) is 9.27. The summed E-state index contributed by atoms with van der Waals surface area (Å²) in [5.41, 5.74) is 2.38. The molecule has 0 saturated carbocycles. The van der Waals surface area contributed by atoms with Gasteiger partial charge in [0.2, 0.25) is 0 Å². The molecule has 0 radical (unpaired) electrons. The van der Waals surface area contributed by atoms with Crippen LogP contribution in [0.15, 0.2) is 36.8 Å². The highest BCUT2D eigenvalue weighted by atomic mass is 35.5. The Morgan fingerprint density at radius 3 is 2.72 bits per heavy atom. The number of rotatable bonds is 3. The van der Waals surface area contributed by atoms with Crippen LogP contribution in [0, 0.1) is 0 Å². The Kier molecular flexibility index (Phi) is 5.29. The third-order valence-corrected chi connectivity index (χ3v) is 7.16. The maximum absolute atomic E-state index is 6.40. The van der Waals surface area contributed by atoms with Crippen molar-refractivity contribution >= 4 is 17.4 Å². The summed E-state index contributed by atoms with van der Waals surface area (Å²) in [6.07, 6.45) is 6.51. The molecule has 0 aliphatic carbocycles. The zero-order valence-electron chi connectivity index (χ0n) is 17.9. The van der Waals surface area contributed by atoms with Gasteiger partial charge in [0.15, 0.2) is 5.82 Å². The van der Waals surface area contributed by atoms with Gasteiger partial charge in [-0.3, -0.25) is 9.47 Å². The number of fused-ring (bicyclic) bond motifs is 3. The molecule has 5 heterocycles. The van der Waals surface area contributed by atoms with Gasteiger partial charge in [0.1, 0.15) is 18.0 Å². The van der Waals surface area contributed by atoms with Crippen LogP contribution in [0.5, 0.6) is 0 Å². The molecule has 1 atom stereocenters. The Balaban J connectivity index is 1.31. The van der Waals surface area contributed by atoms with E-state index in [1.54, 1.807) is 12.5 Å². The van der Waals surface area contributed by atoms with Crippen LogP contribution in [0.25, 0.3) is 5.69 Å². The first-order valence-corrected chi connectivity index (χ1v) is 11.7. The van der Waals surface area contributed by atoms with Crippen molar-refractivity contribution in [2.75, 3.05) is 31.2 Å². The summed E-state index contributed by atoms with van der Waals surface area (Å²) in [5.74, 6) is 3.42. The van der Waals surface area contributed by atoms with Gasteiger partial charge < -0.3 is 9.64 Å². The van der Waals surface area contributed by atoms with Crippen molar-refractivity contribution in [3.05, 3.63) is 59.0 Å². The number of ether oxygens (including phenoxy) is 1. The van der Waals surface area contributed by atoms with Gasteiger partial charge in [-0.15, -0.1) is 10.2 Å². The van der Waals surface area contributed by atoms with E-state index >= 15 is 0 Å². The van der Waals surface area contributed by atoms with E-state index in [1.807, 2.05) is 12.1 Å². The molecule has 1 aromatic carbocycles. The number of aromatic nitrogens is 5. The van der Waals surface area contributed by atoms with Crippen LogP contribution in [-0.2, 0) is 17.8 Å². The average Bonchev–Trinajstić information content (AvgIpc) is 3.48. The van der Waals surface area contributed by atoms with Crippen LogP contribution >= 0.6 is 11.6 Å². The molecule has 2 saturated heterocycles. The maximum atomic E-state index is 6.40. The molecular formula is C23H26ClN7O. The second-order valence-electron chi connectivity index (χ2n) is 8.83. The van der Waals surface area contributed by atoms with Gasteiger partial charge in [-0.05, 0) is 49.1 Å². The molecule has 3 aliphatic heterocycles. The predicted molar refractivity (Wildman–Crippen MR) is 121 cm³/mol. The molecule has 0 unspecified atom stereocenters. The van der Waals surface area contributed by atoms with Crippen LogP contribution in [-0.4, -0.2) is 62.0 Å². The van der Waals surface area contributed by atoms with Crippen molar-refractivity contribution in [1.29, 1.82) is 0 Å². The highest BCUT2D eigenvalue weighted by molar-refractivity contribution is 6.30. The summed E-state index contributed by atoms with van der Waals surface area (Å²) in [6.45, 7) is 5.11. The number of piperidine rings is 1. The van der Waals surface area contributed by atoms with Crippen LogP contribution < -0.4 is 4.90 Å². The van der Waals surface area contributed by atoms with Crippen LogP contribution in [0.1, 0.15) is 42.4 Å². The van der Waals surface area contributed by atoms with E-state index in [0.717, 1.165) is 86.8 Å². The quantitative estimate of drug-likeness (QED) is 0.605. The standard InChI is InChI=1S/C23H26ClN7O/c24-18-1-2-20-17(11-18)12-30(19-6-10-32-14-19)13-22-27-28-23(31(20)22)16-4-8-29(9-5-16)21-3-7-25-15-26-21/h1-3,7,11,15-16,19H,4-6,8-10,12-14H2/t19-/m0/s1. The lowest BCUT2D eigenvalue weighted by Crippen LogP contribution is -2.34. The van der Waals surface area contributed by atoms with Crippen LogP contribution in [0.4, 0.5) is 5.82 Å². The molecule has 166 valence electrons. The lowest BCUT2D eigenvalue weighted by Gasteiger charge is -2.32. The van der Waals surface area contributed by atoms with E-state index < -0.39 is 0 Å². The molecule has 0 spiro atoms. The molecule has 6 rings (SSSR count). The molecule has 0 bridgehead atoms. The summed E-state index contributed by atoms with van der Waals surface area (Å²) in [5, 5.41) is 10.2. The highest BCUT2D eigenvalue weighted by Gasteiger charge is 2.33. The fourth-order valence-electron chi connectivity index (χ4n) is 5.22. The maximum Gasteiger partial charge on any atom is 0.151 e. The lowest BCUT2D eigenvalue weighted by atomic mass is 9.95. The zero-order valence-corrected chi connectivity index (χ0v) is 18.7. The minimum absolute atomic E-state index is 0.360. The summed E-state index contributed by atoms with van der Waals surface area (Å²) >= 11 is 6.40. The molecule has 32 heavy (non-hydrogen) atoms. The molecule has 2 aromatic heterocycles. The molecule has 8 nitrogen and oxygen atoms in total. The van der Waals surface area contributed by atoms with E-state index in [4.69, 9.17) is 21.4 Å². The normalized spacial score (nSPS) is 21.9. The zero-order chi connectivity index (χ0) is 21.5. The largest absolute Gasteiger partial charge is 0.380 e. The fourth-order valence-corrected chi connectivity index (χ4v) is 5.42. The number of nitrogens with zero attached hydrogens (tertiary/aromatic N) is 7. The van der Waals surface area contributed by atoms with Gasteiger partial charge in [0, 0.05) is 49.4 Å². The fraction of sp³-hybridized carbons (Fsp3) is 0.478. The second kappa shape index (κ2) is 8.42. The minimum atomic E-state index is 0.360. The SMILES string of the molecule is Clc1ccc2c(c1)CN([C@H]1CCOC1)Cc1nnc(C3CCN(c4ccncn4)CC3)n1-2. The summed E-state index contributed by atoms with van der Waals surface area (Å²) < 4.78 is 7.97. The van der Waals surface area contributed by atoms with Gasteiger partial charge in [-0.25, -0.2) is 9.97 Å². The predicted octanol–water partition coefficient (Wildman–Crippen LogP) is 3.20. The van der Waals surface area contributed by atoms with Crippen molar-refractivity contribution in [3.63, 3.8) is 0 Å². The van der Waals surface area contributed by atoms with E-state index in [-0.39, 0.29) is 0 Å². The third kappa shape index (κ3) is 3.66. The summed E-state index contributed by atoms with van der Waals surface area (Å²) in [7, 11) is 0. The van der Waals surface area contributed by atoms with Crippen molar-refractivity contribution in [3.8, 4) is 5.69 Å². The molecule has 0 N–H and O–H groups in total. The number of hydrogen-bond acceptors (Lipinski definition) is 7. The smallest absolute Gasteiger partial charge is 0.151 e. The monoisotopic (exact) mass is 451 g/mol. The van der Waals surface area contributed by atoms with Gasteiger partial charge in [0.05, 0.1) is 18.8 Å². The highest BCUT2D eigenvalue weighted by Crippen LogP contribution is 2.35. The molecule has 2 fully saturated rings. The molecular weight excluding hydrogens is 426 g/mol. The van der Waals surface area contributed by atoms with E-state index in [1.165, 1.54) is 5.56 Å². The van der Waals surface area contributed by atoms with E-state index in [0.29, 0.717) is 12.0 Å². The first-order chi connectivity index (χ1) is 15.8. The van der Waals surface area contributed by atoms with Crippen LogP contribution in [0.3, 0.4) is 0 Å². The molecule has 9 heteroatoms. The number of hydrogen-bond donors (Lipinski definition) is 0. The number of benzene rings is 1. The minimum Gasteiger partial charge on any atom is -0.380 e. The first-order valence-electron chi connectivity index (χ1n) is 11.3. The Bertz CT molecular complexity index is 1090. The van der Waals surface area contributed by atoms with Gasteiger partial charge >= 0.3 is 0 Å². The number of anilines is 1. The van der Waals surface area contributed by atoms with Crippen LogP contribution in [0.2, 0.25) is 5.02 Å².